The summed E-state index contributed by atoms with van der Waals surface area (Å²) in [7, 11) is 0. The van der Waals surface area contributed by atoms with E-state index in [9.17, 15) is 0 Å². The van der Waals surface area contributed by atoms with Crippen molar-refractivity contribution in [3.8, 4) is 27.9 Å². The molecule has 0 amide bonds. The molecule has 0 spiro atoms. The van der Waals surface area contributed by atoms with Gasteiger partial charge >= 0.3 is 0 Å². The summed E-state index contributed by atoms with van der Waals surface area (Å²) in [4.78, 5) is 2.29. The second-order valence-corrected chi connectivity index (χ2v) is 14.9. The summed E-state index contributed by atoms with van der Waals surface area (Å²) in [6.07, 6.45) is 0. The Morgan fingerprint density at radius 2 is 0.966 bits per heavy atom. The average molecular weight is 743 g/mol. The summed E-state index contributed by atoms with van der Waals surface area (Å²) in [5, 5.41) is 6.84. The van der Waals surface area contributed by atoms with Crippen LogP contribution in [0.25, 0.3) is 93.6 Å². The van der Waals surface area contributed by atoms with Crippen molar-refractivity contribution < 1.29 is 8.83 Å². The van der Waals surface area contributed by atoms with Crippen LogP contribution in [-0.4, -0.2) is 4.57 Å². The second kappa shape index (κ2) is 12.9. The first-order chi connectivity index (χ1) is 28.8. The standard InChI is InChI=1S/C54H34N2O2/c1-3-13-36(14-4-1)41-19-11-20-46-47-21-12-23-49(54(47)58-53(41)46)55(40-30-32-45-44-18-8-10-24-51(44)57-52(45)34-40)39-28-25-35(26-29-39)37-27-31-43-42-17-7-9-22-48(42)56(50(43)33-37)38-15-5-2-6-16-38/h1-34H. The highest BCUT2D eigenvalue weighted by atomic mass is 16.3. The summed E-state index contributed by atoms with van der Waals surface area (Å²) in [5.74, 6) is 0. The Kier molecular flexibility index (Phi) is 7.20. The molecule has 4 heteroatoms. The Morgan fingerprint density at radius 3 is 1.81 bits per heavy atom. The van der Waals surface area contributed by atoms with Crippen LogP contribution in [0.3, 0.4) is 0 Å². The quantitative estimate of drug-likeness (QED) is 0.170. The van der Waals surface area contributed by atoms with Crippen molar-refractivity contribution in [2.75, 3.05) is 4.90 Å². The summed E-state index contributed by atoms with van der Waals surface area (Å²) >= 11 is 0. The zero-order chi connectivity index (χ0) is 38.2. The van der Waals surface area contributed by atoms with E-state index in [-0.39, 0.29) is 0 Å². The van der Waals surface area contributed by atoms with Crippen LogP contribution in [0.4, 0.5) is 17.1 Å². The van der Waals surface area contributed by atoms with Gasteiger partial charge in [-0.2, -0.15) is 0 Å². The highest BCUT2D eigenvalue weighted by Crippen LogP contribution is 2.45. The van der Waals surface area contributed by atoms with E-state index in [2.05, 4.69) is 198 Å². The minimum Gasteiger partial charge on any atom is -0.456 e. The highest BCUT2D eigenvalue weighted by Gasteiger charge is 2.22. The van der Waals surface area contributed by atoms with Crippen molar-refractivity contribution in [3.63, 3.8) is 0 Å². The van der Waals surface area contributed by atoms with Gasteiger partial charge in [0.25, 0.3) is 0 Å². The summed E-state index contributed by atoms with van der Waals surface area (Å²) in [6, 6.07) is 73.1. The first-order valence-electron chi connectivity index (χ1n) is 19.7. The fraction of sp³-hybridized carbons (Fsp3) is 0. The molecule has 3 aromatic heterocycles. The van der Waals surface area contributed by atoms with E-state index < -0.39 is 0 Å². The van der Waals surface area contributed by atoms with Crippen molar-refractivity contribution in [1.82, 2.24) is 4.57 Å². The van der Waals surface area contributed by atoms with Crippen molar-refractivity contribution >= 4 is 82.7 Å². The lowest BCUT2D eigenvalue weighted by Crippen LogP contribution is -2.10. The number of fused-ring (bicyclic) bond motifs is 9. The average Bonchev–Trinajstić information content (AvgIpc) is 3.97. The molecule has 0 N–H and O–H groups in total. The Morgan fingerprint density at radius 1 is 0.345 bits per heavy atom. The molecule has 272 valence electrons. The number of anilines is 3. The number of aromatic nitrogens is 1. The molecule has 0 saturated carbocycles. The molecule has 0 aliphatic rings. The predicted molar refractivity (Wildman–Crippen MR) is 241 cm³/mol. The fourth-order valence-corrected chi connectivity index (χ4v) is 8.92. The van der Waals surface area contributed by atoms with Gasteiger partial charge < -0.3 is 18.3 Å². The summed E-state index contributed by atoms with van der Waals surface area (Å²) in [5.41, 5.74) is 14.4. The smallest absolute Gasteiger partial charge is 0.159 e. The molecular formula is C54H34N2O2. The number of hydrogen-bond acceptors (Lipinski definition) is 3. The largest absolute Gasteiger partial charge is 0.456 e. The predicted octanol–water partition coefficient (Wildman–Crippen LogP) is 15.4. The van der Waals surface area contributed by atoms with Gasteiger partial charge in [0.05, 0.1) is 22.4 Å². The third-order valence-electron chi connectivity index (χ3n) is 11.6. The zero-order valence-electron chi connectivity index (χ0n) is 31.3. The Labute approximate surface area is 334 Å². The van der Waals surface area contributed by atoms with Gasteiger partial charge in [0.2, 0.25) is 0 Å². The molecule has 3 heterocycles. The van der Waals surface area contributed by atoms with E-state index in [4.69, 9.17) is 8.83 Å². The lowest BCUT2D eigenvalue weighted by Gasteiger charge is -2.25. The summed E-state index contributed by atoms with van der Waals surface area (Å²) in [6.45, 7) is 0. The maximum absolute atomic E-state index is 6.97. The molecule has 0 atom stereocenters. The van der Waals surface area contributed by atoms with Crippen LogP contribution in [0.2, 0.25) is 0 Å². The lowest BCUT2D eigenvalue weighted by molar-refractivity contribution is 0.668. The van der Waals surface area contributed by atoms with Gasteiger partial charge in [-0.1, -0.05) is 140 Å². The van der Waals surface area contributed by atoms with Gasteiger partial charge in [-0.3, -0.25) is 0 Å². The van der Waals surface area contributed by atoms with Crippen LogP contribution >= 0.6 is 0 Å². The first kappa shape index (κ1) is 32.4. The fourth-order valence-electron chi connectivity index (χ4n) is 8.92. The number of nitrogens with zero attached hydrogens (tertiary/aromatic N) is 2. The topological polar surface area (TPSA) is 34.5 Å². The molecular weight excluding hydrogens is 709 g/mol. The van der Waals surface area contributed by atoms with Crippen LogP contribution < -0.4 is 4.90 Å². The third kappa shape index (κ3) is 5.02. The van der Waals surface area contributed by atoms with E-state index in [0.29, 0.717) is 0 Å². The van der Waals surface area contributed by atoms with Gasteiger partial charge in [0.1, 0.15) is 16.7 Å². The molecule has 0 bridgehead atoms. The second-order valence-electron chi connectivity index (χ2n) is 14.9. The minimum absolute atomic E-state index is 0.828. The van der Waals surface area contributed by atoms with Crippen LogP contribution in [0, 0.1) is 0 Å². The van der Waals surface area contributed by atoms with Crippen LogP contribution in [0.1, 0.15) is 0 Å². The molecule has 12 aromatic rings. The molecule has 0 radical (unpaired) electrons. The van der Waals surface area contributed by atoms with Crippen molar-refractivity contribution in [3.05, 3.63) is 206 Å². The molecule has 4 nitrogen and oxygen atoms in total. The van der Waals surface area contributed by atoms with E-state index in [1.54, 1.807) is 0 Å². The van der Waals surface area contributed by atoms with Gasteiger partial charge in [-0.15, -0.1) is 0 Å². The number of para-hydroxylation sites is 5. The summed E-state index contributed by atoms with van der Waals surface area (Å²) < 4.78 is 15.8. The number of hydrogen-bond donors (Lipinski definition) is 0. The normalized spacial score (nSPS) is 11.8. The van der Waals surface area contributed by atoms with Crippen LogP contribution in [-0.2, 0) is 0 Å². The lowest BCUT2D eigenvalue weighted by atomic mass is 10.0. The van der Waals surface area contributed by atoms with E-state index in [0.717, 1.165) is 88.9 Å². The van der Waals surface area contributed by atoms with Crippen molar-refractivity contribution in [2.45, 2.75) is 0 Å². The maximum Gasteiger partial charge on any atom is 0.159 e. The van der Waals surface area contributed by atoms with Crippen molar-refractivity contribution in [2.24, 2.45) is 0 Å². The Bertz CT molecular complexity index is 3500. The molecule has 58 heavy (non-hydrogen) atoms. The molecule has 0 fully saturated rings. The van der Waals surface area contributed by atoms with Crippen molar-refractivity contribution in [1.29, 1.82) is 0 Å². The zero-order valence-corrected chi connectivity index (χ0v) is 31.3. The van der Waals surface area contributed by atoms with Crippen LogP contribution in [0.5, 0.6) is 0 Å². The Hall–Kier alpha value is -7.82. The number of furan rings is 2. The van der Waals surface area contributed by atoms with E-state index in [1.165, 1.54) is 21.8 Å². The molecule has 0 saturated heterocycles. The minimum atomic E-state index is 0.828. The molecule has 12 rings (SSSR count). The first-order valence-corrected chi connectivity index (χ1v) is 19.7. The maximum atomic E-state index is 6.97. The van der Waals surface area contributed by atoms with Gasteiger partial charge in [-0.25, -0.2) is 0 Å². The van der Waals surface area contributed by atoms with Crippen LogP contribution in [0.15, 0.2) is 215 Å². The molecule has 9 aromatic carbocycles. The Balaban J connectivity index is 1.03. The number of benzene rings is 9. The third-order valence-corrected chi connectivity index (χ3v) is 11.6. The van der Waals surface area contributed by atoms with Gasteiger partial charge in [0, 0.05) is 55.3 Å². The van der Waals surface area contributed by atoms with Gasteiger partial charge in [-0.05, 0) is 77.4 Å². The SMILES string of the molecule is c1ccc(-c2cccc3c2oc2c(N(c4ccc(-c5ccc6c7ccccc7n(-c7ccccc7)c6c5)cc4)c4ccc5c(c4)oc4ccccc45)cccc23)cc1. The van der Waals surface area contributed by atoms with Gasteiger partial charge in [0.15, 0.2) is 5.58 Å². The molecule has 0 aliphatic heterocycles. The monoisotopic (exact) mass is 742 g/mol. The number of rotatable bonds is 6. The molecule has 0 unspecified atom stereocenters. The highest BCUT2D eigenvalue weighted by molar-refractivity contribution is 6.14. The van der Waals surface area contributed by atoms with E-state index in [1.807, 2.05) is 18.2 Å². The molecule has 0 aliphatic carbocycles. The van der Waals surface area contributed by atoms with E-state index >= 15 is 0 Å².